The minimum Gasteiger partial charge on any atom is -0.299 e. The molecule has 124 valence electrons. The highest BCUT2D eigenvalue weighted by molar-refractivity contribution is 7.89. The van der Waals surface area contributed by atoms with Gasteiger partial charge >= 0.3 is 0 Å². The highest BCUT2D eigenvalue weighted by Gasteiger charge is 2.44. The number of likely N-dealkylation sites (tertiary alicyclic amines) is 1. The number of hydrogen-bond donors (Lipinski definition) is 0. The van der Waals surface area contributed by atoms with E-state index < -0.39 is 10.0 Å². The van der Waals surface area contributed by atoms with E-state index in [1.165, 1.54) is 19.0 Å². The minimum absolute atomic E-state index is 0.0795. The Balaban J connectivity index is 1.86. The van der Waals surface area contributed by atoms with Gasteiger partial charge in [-0.25, -0.2) is 8.42 Å². The number of rotatable bonds is 4. The van der Waals surface area contributed by atoms with Gasteiger partial charge in [0.15, 0.2) is 0 Å². The summed E-state index contributed by atoms with van der Waals surface area (Å²) in [5.41, 5.74) is 0. The van der Waals surface area contributed by atoms with Gasteiger partial charge < -0.3 is 0 Å². The van der Waals surface area contributed by atoms with Gasteiger partial charge in [-0.3, -0.25) is 9.58 Å². The lowest BCUT2D eigenvalue weighted by Crippen LogP contribution is -2.39. The zero-order valence-corrected chi connectivity index (χ0v) is 14.5. The first-order chi connectivity index (χ1) is 10.4. The third kappa shape index (κ3) is 2.81. The number of aryl methyl sites for hydroxylation is 1. The summed E-state index contributed by atoms with van der Waals surface area (Å²) in [6.45, 7) is 7.05. The van der Waals surface area contributed by atoms with Crippen LogP contribution in [-0.4, -0.2) is 59.1 Å². The van der Waals surface area contributed by atoms with Crippen molar-refractivity contribution in [3.63, 3.8) is 0 Å². The second-order valence-electron chi connectivity index (χ2n) is 6.87. The third-order valence-corrected chi connectivity index (χ3v) is 6.83. The Morgan fingerprint density at radius 2 is 1.95 bits per heavy atom. The van der Waals surface area contributed by atoms with Crippen LogP contribution in [0.1, 0.15) is 33.1 Å². The molecule has 0 spiro atoms. The van der Waals surface area contributed by atoms with Gasteiger partial charge in [0.05, 0.1) is 6.20 Å². The van der Waals surface area contributed by atoms with Crippen LogP contribution in [0, 0.1) is 5.92 Å². The van der Waals surface area contributed by atoms with E-state index in [9.17, 15) is 8.42 Å². The molecule has 0 saturated carbocycles. The molecule has 2 atom stereocenters. The molecule has 1 aromatic heterocycles. The molecular weight excluding hydrogens is 300 g/mol. The fourth-order valence-corrected chi connectivity index (χ4v) is 5.52. The second kappa shape index (κ2) is 5.94. The van der Waals surface area contributed by atoms with Crippen molar-refractivity contribution in [3.05, 3.63) is 12.4 Å². The minimum atomic E-state index is -3.45. The highest BCUT2D eigenvalue weighted by atomic mass is 32.2. The van der Waals surface area contributed by atoms with E-state index in [4.69, 9.17) is 0 Å². The molecule has 6 nitrogen and oxygen atoms in total. The quantitative estimate of drug-likeness (QED) is 0.837. The average molecular weight is 326 g/mol. The fourth-order valence-electron chi connectivity index (χ4n) is 3.73. The van der Waals surface area contributed by atoms with Crippen molar-refractivity contribution < 1.29 is 8.42 Å². The van der Waals surface area contributed by atoms with Crippen molar-refractivity contribution in [2.45, 2.75) is 50.1 Å². The molecule has 7 heteroatoms. The topological polar surface area (TPSA) is 58.4 Å². The van der Waals surface area contributed by atoms with Crippen LogP contribution in [0.15, 0.2) is 17.3 Å². The molecule has 2 aliphatic heterocycles. The van der Waals surface area contributed by atoms with Crippen LogP contribution in [0.25, 0.3) is 0 Å². The monoisotopic (exact) mass is 326 g/mol. The van der Waals surface area contributed by atoms with E-state index in [0.29, 0.717) is 23.4 Å². The van der Waals surface area contributed by atoms with Crippen molar-refractivity contribution >= 4 is 10.0 Å². The maximum absolute atomic E-state index is 13.0. The zero-order valence-electron chi connectivity index (χ0n) is 13.6. The smallest absolute Gasteiger partial charge is 0.246 e. The van der Waals surface area contributed by atoms with Crippen LogP contribution >= 0.6 is 0 Å². The predicted molar refractivity (Wildman–Crippen MR) is 84.9 cm³/mol. The van der Waals surface area contributed by atoms with E-state index in [-0.39, 0.29) is 6.04 Å². The number of aromatic nitrogens is 2. The maximum atomic E-state index is 13.0. The third-order valence-electron chi connectivity index (χ3n) is 4.99. The van der Waals surface area contributed by atoms with Crippen molar-refractivity contribution in [2.75, 3.05) is 19.6 Å². The van der Waals surface area contributed by atoms with Crippen molar-refractivity contribution in [1.29, 1.82) is 0 Å². The second-order valence-corrected chi connectivity index (χ2v) is 8.76. The summed E-state index contributed by atoms with van der Waals surface area (Å²) >= 11 is 0. The van der Waals surface area contributed by atoms with Crippen LogP contribution in [0.2, 0.25) is 0 Å². The highest BCUT2D eigenvalue weighted by Crippen LogP contribution is 2.33. The van der Waals surface area contributed by atoms with E-state index in [2.05, 4.69) is 23.8 Å². The molecule has 22 heavy (non-hydrogen) atoms. The van der Waals surface area contributed by atoms with Gasteiger partial charge in [-0.2, -0.15) is 9.40 Å². The first-order valence-electron chi connectivity index (χ1n) is 8.14. The van der Waals surface area contributed by atoms with Crippen molar-refractivity contribution in [3.8, 4) is 0 Å². The van der Waals surface area contributed by atoms with Gasteiger partial charge in [0, 0.05) is 31.9 Å². The summed E-state index contributed by atoms with van der Waals surface area (Å²) in [7, 11) is -1.71. The normalized spacial score (nSPS) is 28.0. The Bertz CT molecular complexity index is 619. The number of sulfonamides is 1. The van der Waals surface area contributed by atoms with E-state index in [0.717, 1.165) is 19.5 Å². The summed E-state index contributed by atoms with van der Waals surface area (Å²) in [6, 6.07) is 0.442. The molecule has 2 saturated heterocycles. The molecule has 2 unspecified atom stereocenters. The van der Waals surface area contributed by atoms with Crippen LogP contribution in [-0.2, 0) is 17.1 Å². The summed E-state index contributed by atoms with van der Waals surface area (Å²) in [6.07, 6.45) is 6.46. The molecule has 2 fully saturated rings. The SMILES string of the molecule is CC(C)C1CC(N2CCCC2)CN1S(=O)(=O)c1cnn(C)c1. The lowest BCUT2D eigenvalue weighted by atomic mass is 10.0. The van der Waals surface area contributed by atoms with E-state index in [1.807, 2.05) is 0 Å². The Hall–Kier alpha value is -0.920. The molecule has 1 aromatic rings. The maximum Gasteiger partial charge on any atom is 0.246 e. The van der Waals surface area contributed by atoms with Crippen molar-refractivity contribution in [2.24, 2.45) is 13.0 Å². The van der Waals surface area contributed by atoms with Crippen molar-refractivity contribution in [1.82, 2.24) is 19.0 Å². The first kappa shape index (κ1) is 16.0. The van der Waals surface area contributed by atoms with E-state index in [1.54, 1.807) is 22.2 Å². The molecule has 3 heterocycles. The van der Waals surface area contributed by atoms with E-state index >= 15 is 0 Å². The molecule has 0 aromatic carbocycles. The average Bonchev–Trinajstić information content (AvgIpc) is 3.18. The Labute approximate surface area is 133 Å². The van der Waals surface area contributed by atoms with Gasteiger partial charge in [0.25, 0.3) is 0 Å². The summed E-state index contributed by atoms with van der Waals surface area (Å²) in [5.74, 6) is 0.319. The van der Waals surface area contributed by atoms with Crippen LogP contribution in [0.5, 0.6) is 0 Å². The lowest BCUT2D eigenvalue weighted by Gasteiger charge is -2.26. The summed E-state index contributed by atoms with van der Waals surface area (Å²) in [4.78, 5) is 2.77. The fraction of sp³-hybridized carbons (Fsp3) is 0.800. The van der Waals surface area contributed by atoms with Gasteiger partial charge in [-0.05, 0) is 38.3 Å². The molecule has 0 radical (unpaired) electrons. The largest absolute Gasteiger partial charge is 0.299 e. The molecule has 0 aliphatic carbocycles. The van der Waals surface area contributed by atoms with Gasteiger partial charge in [0.1, 0.15) is 4.90 Å². The summed E-state index contributed by atoms with van der Waals surface area (Å²) < 4.78 is 29.2. The molecule has 2 aliphatic rings. The number of hydrogen-bond acceptors (Lipinski definition) is 4. The Morgan fingerprint density at radius 3 is 2.50 bits per heavy atom. The summed E-state index contributed by atoms with van der Waals surface area (Å²) in [5, 5.41) is 4.02. The van der Waals surface area contributed by atoms with Gasteiger partial charge in [-0.1, -0.05) is 13.8 Å². The number of nitrogens with zero attached hydrogens (tertiary/aromatic N) is 4. The lowest BCUT2D eigenvalue weighted by molar-refractivity contribution is 0.250. The Morgan fingerprint density at radius 1 is 1.27 bits per heavy atom. The molecule has 0 N–H and O–H groups in total. The molecular formula is C15H26N4O2S. The zero-order chi connectivity index (χ0) is 15.9. The first-order valence-corrected chi connectivity index (χ1v) is 9.58. The van der Waals surface area contributed by atoms with Gasteiger partial charge in [0.2, 0.25) is 10.0 Å². The van der Waals surface area contributed by atoms with Gasteiger partial charge in [-0.15, -0.1) is 0 Å². The van der Waals surface area contributed by atoms with Crippen LogP contribution in [0.3, 0.4) is 0 Å². The predicted octanol–water partition coefficient (Wildman–Crippen LogP) is 1.30. The van der Waals surface area contributed by atoms with Crippen LogP contribution < -0.4 is 0 Å². The van der Waals surface area contributed by atoms with Crippen LogP contribution in [0.4, 0.5) is 0 Å². The molecule has 3 rings (SSSR count). The standard InChI is InChI=1S/C15H26N4O2S/c1-12(2)15-8-13(18-6-4-5-7-18)10-19(15)22(20,21)14-9-16-17(3)11-14/h9,11-13,15H,4-8,10H2,1-3H3. The Kier molecular flexibility index (Phi) is 4.31. The molecule has 0 bridgehead atoms. The molecule has 0 amide bonds.